The summed E-state index contributed by atoms with van der Waals surface area (Å²) in [5.74, 6) is -0.309. The van der Waals surface area contributed by atoms with Crippen LogP contribution in [0.25, 0.3) is 0 Å². The molecule has 0 radical (unpaired) electrons. The van der Waals surface area contributed by atoms with Gasteiger partial charge in [0.05, 0.1) is 5.56 Å². The third-order valence-electron chi connectivity index (χ3n) is 4.12. The predicted octanol–water partition coefficient (Wildman–Crippen LogP) is 5.17. The first-order valence-electron chi connectivity index (χ1n) is 8.16. The smallest absolute Gasteiger partial charge is 0.335 e. The van der Waals surface area contributed by atoms with Crippen LogP contribution in [0.15, 0.2) is 72.8 Å². The first kappa shape index (κ1) is 16.8. The number of rotatable bonds is 5. The van der Waals surface area contributed by atoms with Crippen LogP contribution in [0.1, 0.15) is 38.7 Å². The molecule has 0 aromatic heterocycles. The average molecular weight is 332 g/mol. The van der Waals surface area contributed by atoms with Gasteiger partial charge in [-0.3, -0.25) is 0 Å². The fourth-order valence-corrected chi connectivity index (χ4v) is 2.62. The highest BCUT2D eigenvalue weighted by Crippen LogP contribution is 2.29. The number of ether oxygens (including phenoxy) is 1. The normalized spacial score (nSPS) is 10.7. The van der Waals surface area contributed by atoms with Crippen molar-refractivity contribution in [2.75, 3.05) is 0 Å². The van der Waals surface area contributed by atoms with E-state index in [1.807, 2.05) is 0 Å². The zero-order valence-corrected chi connectivity index (χ0v) is 14.3. The molecule has 0 bridgehead atoms. The third kappa shape index (κ3) is 4.07. The minimum absolute atomic E-state index is 0.245. The molecule has 3 rings (SSSR count). The van der Waals surface area contributed by atoms with Crippen LogP contribution in [0.5, 0.6) is 5.75 Å². The minimum Gasteiger partial charge on any atom is -0.481 e. The summed E-state index contributed by atoms with van der Waals surface area (Å²) in [6, 6.07) is 23.0. The number of hydrogen-bond acceptors (Lipinski definition) is 2. The summed E-state index contributed by atoms with van der Waals surface area (Å²) in [5, 5.41) is 9.02. The lowest BCUT2D eigenvalue weighted by atomic mass is 9.99. The molecule has 0 saturated heterocycles. The van der Waals surface area contributed by atoms with Gasteiger partial charge >= 0.3 is 5.97 Å². The van der Waals surface area contributed by atoms with Gasteiger partial charge in [-0.15, -0.1) is 0 Å². The van der Waals surface area contributed by atoms with E-state index in [1.165, 1.54) is 11.1 Å². The van der Waals surface area contributed by atoms with Crippen molar-refractivity contribution in [3.8, 4) is 5.75 Å². The van der Waals surface area contributed by atoms with Gasteiger partial charge in [-0.1, -0.05) is 59.7 Å². The average Bonchev–Trinajstić information content (AvgIpc) is 2.62. The number of carbonyl (C=O) groups is 1. The highest BCUT2D eigenvalue weighted by molar-refractivity contribution is 5.87. The standard InChI is InChI=1S/C22H20O3/c1-15-3-7-17(8-4-15)21(18-9-5-16(2)6-10-18)25-20-13-11-19(12-14-20)22(23)24/h3-14,21H,1-2H3,(H,23,24). The molecule has 0 unspecified atom stereocenters. The van der Waals surface area contributed by atoms with Crippen molar-refractivity contribution in [2.45, 2.75) is 20.0 Å². The van der Waals surface area contributed by atoms with Crippen LogP contribution in [0.3, 0.4) is 0 Å². The second-order valence-corrected chi connectivity index (χ2v) is 6.15. The molecule has 0 heterocycles. The maximum atomic E-state index is 11.0. The molecule has 126 valence electrons. The van der Waals surface area contributed by atoms with Crippen molar-refractivity contribution in [3.63, 3.8) is 0 Å². The van der Waals surface area contributed by atoms with Crippen molar-refractivity contribution in [1.82, 2.24) is 0 Å². The lowest BCUT2D eigenvalue weighted by Crippen LogP contribution is -2.10. The van der Waals surface area contributed by atoms with Gasteiger partial charge in [-0.25, -0.2) is 4.79 Å². The highest BCUT2D eigenvalue weighted by atomic mass is 16.5. The summed E-state index contributed by atoms with van der Waals surface area (Å²) in [4.78, 5) is 11.0. The summed E-state index contributed by atoms with van der Waals surface area (Å²) in [5.41, 5.74) is 4.73. The quantitative estimate of drug-likeness (QED) is 0.701. The van der Waals surface area contributed by atoms with Crippen molar-refractivity contribution in [1.29, 1.82) is 0 Å². The molecule has 0 atom stereocenters. The Morgan fingerprint density at radius 1 is 0.760 bits per heavy atom. The van der Waals surface area contributed by atoms with Gasteiger partial charge < -0.3 is 9.84 Å². The predicted molar refractivity (Wildman–Crippen MR) is 98.2 cm³/mol. The minimum atomic E-state index is -0.944. The molecule has 0 spiro atoms. The molecular weight excluding hydrogens is 312 g/mol. The number of carboxylic acid groups (broad SMARTS) is 1. The van der Waals surface area contributed by atoms with Gasteiger partial charge in [0.1, 0.15) is 11.9 Å². The third-order valence-corrected chi connectivity index (χ3v) is 4.12. The zero-order valence-electron chi connectivity index (χ0n) is 14.3. The first-order chi connectivity index (χ1) is 12.0. The van der Waals surface area contributed by atoms with E-state index in [0.29, 0.717) is 5.75 Å². The van der Waals surface area contributed by atoms with E-state index in [2.05, 4.69) is 62.4 Å². The number of aromatic carboxylic acids is 1. The van der Waals surface area contributed by atoms with E-state index >= 15 is 0 Å². The molecule has 3 nitrogen and oxygen atoms in total. The SMILES string of the molecule is Cc1ccc(C(Oc2ccc(C(=O)O)cc2)c2ccc(C)cc2)cc1. The van der Waals surface area contributed by atoms with Crippen LogP contribution in [-0.2, 0) is 0 Å². The van der Waals surface area contributed by atoms with Gasteiger partial charge in [-0.05, 0) is 49.2 Å². The van der Waals surface area contributed by atoms with Crippen LogP contribution >= 0.6 is 0 Å². The summed E-state index contributed by atoms with van der Waals surface area (Å²) in [6.45, 7) is 4.10. The molecule has 3 aromatic carbocycles. The second-order valence-electron chi connectivity index (χ2n) is 6.15. The molecule has 0 fully saturated rings. The van der Waals surface area contributed by atoms with E-state index in [9.17, 15) is 4.79 Å². The van der Waals surface area contributed by atoms with Crippen LogP contribution in [-0.4, -0.2) is 11.1 Å². The molecule has 0 aliphatic rings. The van der Waals surface area contributed by atoms with Crippen LogP contribution in [0.2, 0.25) is 0 Å². The fourth-order valence-electron chi connectivity index (χ4n) is 2.62. The summed E-state index contributed by atoms with van der Waals surface area (Å²) in [7, 11) is 0. The van der Waals surface area contributed by atoms with Crippen LogP contribution < -0.4 is 4.74 Å². The van der Waals surface area contributed by atoms with Gasteiger partial charge in [0.15, 0.2) is 0 Å². The molecular formula is C22H20O3. The van der Waals surface area contributed by atoms with Crippen molar-refractivity contribution < 1.29 is 14.6 Å². The van der Waals surface area contributed by atoms with Crippen molar-refractivity contribution >= 4 is 5.97 Å². The van der Waals surface area contributed by atoms with Gasteiger partial charge in [0, 0.05) is 0 Å². The van der Waals surface area contributed by atoms with Gasteiger partial charge in [-0.2, -0.15) is 0 Å². The molecule has 0 aliphatic carbocycles. The Kier molecular flexibility index (Phi) is 4.85. The Hall–Kier alpha value is -3.07. The van der Waals surface area contributed by atoms with Crippen molar-refractivity contribution in [2.24, 2.45) is 0 Å². The Labute approximate surface area is 147 Å². The van der Waals surface area contributed by atoms with E-state index < -0.39 is 5.97 Å². The molecule has 3 heteroatoms. The second kappa shape index (κ2) is 7.22. The Morgan fingerprint density at radius 3 is 1.60 bits per heavy atom. The molecule has 25 heavy (non-hydrogen) atoms. The molecule has 3 aromatic rings. The van der Waals surface area contributed by atoms with E-state index in [-0.39, 0.29) is 11.7 Å². The lowest BCUT2D eigenvalue weighted by molar-refractivity contribution is 0.0697. The first-order valence-corrected chi connectivity index (χ1v) is 8.16. The van der Waals surface area contributed by atoms with E-state index in [4.69, 9.17) is 9.84 Å². The van der Waals surface area contributed by atoms with Gasteiger partial charge in [0.2, 0.25) is 0 Å². The van der Waals surface area contributed by atoms with Crippen LogP contribution in [0, 0.1) is 13.8 Å². The largest absolute Gasteiger partial charge is 0.481 e. The highest BCUT2D eigenvalue weighted by Gasteiger charge is 2.16. The Balaban J connectivity index is 1.94. The maximum Gasteiger partial charge on any atom is 0.335 e. The van der Waals surface area contributed by atoms with Crippen molar-refractivity contribution in [3.05, 3.63) is 101 Å². The monoisotopic (exact) mass is 332 g/mol. The molecule has 0 aliphatic heterocycles. The van der Waals surface area contributed by atoms with Gasteiger partial charge in [0.25, 0.3) is 0 Å². The van der Waals surface area contributed by atoms with E-state index in [0.717, 1.165) is 11.1 Å². The molecule has 1 N–H and O–H groups in total. The fraction of sp³-hybridized carbons (Fsp3) is 0.136. The van der Waals surface area contributed by atoms with E-state index in [1.54, 1.807) is 24.3 Å². The number of aryl methyl sites for hydroxylation is 2. The lowest BCUT2D eigenvalue weighted by Gasteiger charge is -2.21. The molecule has 0 amide bonds. The summed E-state index contributed by atoms with van der Waals surface area (Å²) >= 11 is 0. The maximum absolute atomic E-state index is 11.0. The topological polar surface area (TPSA) is 46.5 Å². The number of hydrogen-bond donors (Lipinski definition) is 1. The number of carboxylic acids is 1. The summed E-state index contributed by atoms with van der Waals surface area (Å²) in [6.07, 6.45) is -0.253. The number of benzene rings is 3. The Morgan fingerprint density at radius 2 is 1.20 bits per heavy atom. The Bertz CT molecular complexity index is 802. The summed E-state index contributed by atoms with van der Waals surface area (Å²) < 4.78 is 6.21. The zero-order chi connectivity index (χ0) is 17.8. The molecule has 0 saturated carbocycles. The van der Waals surface area contributed by atoms with Crippen LogP contribution in [0.4, 0.5) is 0 Å².